The molecule has 0 aromatic heterocycles. The van der Waals surface area contributed by atoms with Crippen LogP contribution < -0.4 is 4.74 Å². The summed E-state index contributed by atoms with van der Waals surface area (Å²) in [6.45, 7) is 13.1. The van der Waals surface area contributed by atoms with Crippen LogP contribution in [0.1, 0.15) is 99.6 Å². The summed E-state index contributed by atoms with van der Waals surface area (Å²) in [5, 5.41) is 0. The molecular formula is C42H52N2O12. The summed E-state index contributed by atoms with van der Waals surface area (Å²) in [6, 6.07) is 7.02. The van der Waals surface area contributed by atoms with Gasteiger partial charge in [-0.1, -0.05) is 19.1 Å². The number of nitrogens with zero attached hydrogens (tertiary/aromatic N) is 2. The van der Waals surface area contributed by atoms with Gasteiger partial charge in [0, 0.05) is 42.8 Å². The van der Waals surface area contributed by atoms with Crippen molar-refractivity contribution in [1.29, 1.82) is 0 Å². The summed E-state index contributed by atoms with van der Waals surface area (Å²) in [5.41, 5.74) is 2.40. The van der Waals surface area contributed by atoms with Crippen molar-refractivity contribution in [2.75, 3.05) is 33.4 Å². The number of aryl methyl sites for hydroxylation is 1. The number of benzene rings is 2. The van der Waals surface area contributed by atoms with Gasteiger partial charge in [0.15, 0.2) is 18.5 Å². The third-order valence-electron chi connectivity index (χ3n) is 10.2. The third kappa shape index (κ3) is 9.01. The lowest BCUT2D eigenvalue weighted by Gasteiger charge is -2.30. The van der Waals surface area contributed by atoms with Crippen molar-refractivity contribution in [3.8, 4) is 16.9 Å². The van der Waals surface area contributed by atoms with Crippen molar-refractivity contribution in [1.82, 2.24) is 9.80 Å². The van der Waals surface area contributed by atoms with Crippen molar-refractivity contribution < 1.29 is 57.2 Å². The van der Waals surface area contributed by atoms with Crippen LogP contribution in [0.4, 0.5) is 9.59 Å². The van der Waals surface area contributed by atoms with Crippen LogP contribution in [0.25, 0.3) is 11.1 Å². The molecule has 2 saturated heterocycles. The fraction of sp³-hybridized carbons (Fsp3) is 0.571. The summed E-state index contributed by atoms with van der Waals surface area (Å²) in [4.78, 5) is 82.0. The number of carbonyl (C=O) groups excluding carboxylic acids is 6. The maximum Gasteiger partial charge on any atom is 0.411 e. The van der Waals surface area contributed by atoms with Gasteiger partial charge in [0.1, 0.15) is 35.6 Å². The zero-order chi connectivity index (χ0) is 40.7. The molecule has 5 unspecified atom stereocenters. The van der Waals surface area contributed by atoms with E-state index in [0.717, 1.165) is 22.3 Å². The van der Waals surface area contributed by atoms with Crippen molar-refractivity contribution in [2.45, 2.75) is 110 Å². The Balaban J connectivity index is 1.10. The van der Waals surface area contributed by atoms with E-state index >= 15 is 0 Å². The van der Waals surface area contributed by atoms with Gasteiger partial charge in [-0.05, 0) is 108 Å². The molecule has 2 aromatic carbocycles. The first-order valence-corrected chi connectivity index (χ1v) is 19.2. The van der Waals surface area contributed by atoms with Crippen molar-refractivity contribution in [2.24, 2.45) is 11.8 Å². The Morgan fingerprint density at radius 3 is 2.12 bits per heavy atom. The van der Waals surface area contributed by atoms with Gasteiger partial charge in [-0.15, -0.1) is 0 Å². The van der Waals surface area contributed by atoms with Crippen molar-refractivity contribution in [3.05, 3.63) is 52.6 Å². The van der Waals surface area contributed by atoms with Gasteiger partial charge in [-0.3, -0.25) is 19.4 Å². The van der Waals surface area contributed by atoms with Gasteiger partial charge < -0.3 is 28.4 Å². The normalized spacial score (nSPS) is 23.0. The van der Waals surface area contributed by atoms with E-state index < -0.39 is 65.9 Å². The molecule has 3 aliphatic heterocycles. The number of esters is 2. The van der Waals surface area contributed by atoms with Crippen LogP contribution in [-0.4, -0.2) is 108 Å². The maximum absolute atomic E-state index is 13.7. The van der Waals surface area contributed by atoms with E-state index in [4.69, 9.17) is 28.4 Å². The molecule has 302 valence electrons. The highest BCUT2D eigenvalue weighted by Gasteiger charge is 2.45. The van der Waals surface area contributed by atoms with Crippen LogP contribution in [0, 0.1) is 11.8 Å². The average Bonchev–Trinajstić information content (AvgIpc) is 3.73. The highest BCUT2D eigenvalue weighted by Crippen LogP contribution is 2.42. The second-order valence-corrected chi connectivity index (χ2v) is 17.2. The van der Waals surface area contributed by atoms with Gasteiger partial charge in [-0.25, -0.2) is 19.2 Å². The Bertz CT molecular complexity index is 1910. The Morgan fingerprint density at radius 2 is 1.46 bits per heavy atom. The number of carbonyl (C=O) groups is 6. The first-order chi connectivity index (χ1) is 26.3. The summed E-state index contributed by atoms with van der Waals surface area (Å²) in [7, 11) is 1.56. The second kappa shape index (κ2) is 15.9. The van der Waals surface area contributed by atoms with Crippen LogP contribution >= 0.6 is 0 Å². The monoisotopic (exact) mass is 776 g/mol. The standard InChI is InChI=1S/C42H52N2O12/c1-23-13-31(43(18-23)39(49)55-41(2,3)4)37(47)53-22-33(45)26-9-11-28-27(15-26)21-52-35-17-29-25(16-30(28)35)10-12-34(36(29)46)54-38(48)32-14-24(20-51-8)19-44(32)40(50)56-42(5,6)7/h9,11,15-17,23-24,31-32,34H,10,12-14,18-22H2,1-8H3. The molecule has 0 radical (unpaired) electrons. The van der Waals surface area contributed by atoms with Gasteiger partial charge in [0.2, 0.25) is 5.78 Å². The predicted octanol–water partition coefficient (Wildman–Crippen LogP) is 5.93. The van der Waals surface area contributed by atoms with Crippen LogP contribution in [0.15, 0.2) is 30.3 Å². The van der Waals surface area contributed by atoms with Gasteiger partial charge in [0.05, 0.1) is 6.61 Å². The number of likely N-dealkylation sites (tertiary alicyclic amines) is 2. The Morgan fingerprint density at radius 1 is 0.804 bits per heavy atom. The summed E-state index contributed by atoms with van der Waals surface area (Å²) in [6.07, 6.45) is -0.767. The molecule has 0 saturated carbocycles. The fourth-order valence-electron chi connectivity index (χ4n) is 7.75. The van der Waals surface area contributed by atoms with Gasteiger partial charge >= 0.3 is 24.1 Å². The van der Waals surface area contributed by atoms with E-state index in [-0.39, 0.29) is 37.2 Å². The SMILES string of the molecule is COCC1CC(C(=O)OC2CCc3cc4c(cc3C2=O)OCc2cc(C(=O)COC(=O)C3CC(C)CN3C(=O)OC(C)(C)C)ccc2-4)N(C(=O)OC(C)(C)C)C1. The molecule has 14 nitrogen and oxygen atoms in total. The topological polar surface area (TPSA) is 164 Å². The van der Waals surface area contributed by atoms with E-state index in [1.807, 2.05) is 19.1 Å². The molecule has 6 rings (SSSR count). The largest absolute Gasteiger partial charge is 0.488 e. The van der Waals surface area contributed by atoms with E-state index in [1.165, 1.54) is 9.80 Å². The molecule has 2 amide bonds. The third-order valence-corrected chi connectivity index (χ3v) is 10.2. The number of amides is 2. The summed E-state index contributed by atoms with van der Waals surface area (Å²) < 4.78 is 33.6. The number of hydrogen-bond acceptors (Lipinski definition) is 12. The predicted molar refractivity (Wildman–Crippen MR) is 201 cm³/mol. The quantitative estimate of drug-likeness (QED) is 0.177. The molecule has 14 heteroatoms. The molecule has 5 atom stereocenters. The van der Waals surface area contributed by atoms with Crippen molar-refractivity contribution in [3.63, 3.8) is 0 Å². The zero-order valence-corrected chi connectivity index (χ0v) is 33.4. The lowest BCUT2D eigenvalue weighted by Crippen LogP contribution is -2.46. The van der Waals surface area contributed by atoms with E-state index in [9.17, 15) is 28.8 Å². The Hall–Kier alpha value is -4.98. The molecule has 4 aliphatic rings. The average molecular weight is 777 g/mol. The Kier molecular flexibility index (Phi) is 11.5. The van der Waals surface area contributed by atoms with E-state index in [1.54, 1.807) is 66.9 Å². The minimum absolute atomic E-state index is 0.0668. The van der Waals surface area contributed by atoms with E-state index in [2.05, 4.69) is 0 Å². The van der Waals surface area contributed by atoms with Crippen LogP contribution in [0.2, 0.25) is 0 Å². The molecular weight excluding hydrogens is 724 g/mol. The minimum atomic E-state index is -1.02. The number of hydrogen-bond donors (Lipinski definition) is 0. The highest BCUT2D eigenvalue weighted by molar-refractivity contribution is 6.04. The van der Waals surface area contributed by atoms with Crippen LogP contribution in [-0.2, 0) is 46.3 Å². The first kappa shape index (κ1) is 40.7. The maximum atomic E-state index is 13.7. The number of ketones is 2. The molecule has 2 aromatic rings. The lowest BCUT2D eigenvalue weighted by molar-refractivity contribution is -0.152. The van der Waals surface area contributed by atoms with Crippen LogP contribution in [0.3, 0.4) is 0 Å². The lowest BCUT2D eigenvalue weighted by atomic mass is 9.84. The van der Waals surface area contributed by atoms with Crippen LogP contribution in [0.5, 0.6) is 5.75 Å². The number of rotatable bonds is 8. The zero-order valence-electron chi connectivity index (χ0n) is 33.4. The molecule has 1 aliphatic carbocycles. The molecule has 0 N–H and O–H groups in total. The molecule has 56 heavy (non-hydrogen) atoms. The van der Waals surface area contributed by atoms with Crippen molar-refractivity contribution >= 4 is 35.7 Å². The molecule has 0 spiro atoms. The molecule has 0 bridgehead atoms. The second-order valence-electron chi connectivity index (χ2n) is 17.2. The molecule has 3 heterocycles. The minimum Gasteiger partial charge on any atom is -0.488 e. The highest BCUT2D eigenvalue weighted by atomic mass is 16.6. The number of methoxy groups -OCH3 is 1. The molecule has 2 fully saturated rings. The summed E-state index contributed by atoms with van der Waals surface area (Å²) in [5.74, 6) is -1.59. The number of Topliss-reactive ketones (excluding diaryl/α,β-unsaturated/α-hetero) is 2. The fourth-order valence-corrected chi connectivity index (χ4v) is 7.75. The number of ether oxygens (including phenoxy) is 6. The van der Waals surface area contributed by atoms with Gasteiger partial charge in [0.25, 0.3) is 0 Å². The smallest absolute Gasteiger partial charge is 0.411 e. The summed E-state index contributed by atoms with van der Waals surface area (Å²) >= 11 is 0. The van der Waals surface area contributed by atoms with Gasteiger partial charge in [-0.2, -0.15) is 0 Å². The Labute approximate surface area is 327 Å². The van der Waals surface area contributed by atoms with E-state index in [0.29, 0.717) is 49.3 Å². The first-order valence-electron chi connectivity index (χ1n) is 19.2. The number of fused-ring (bicyclic) bond motifs is 4.